The molecule has 4 aromatic rings. The van der Waals surface area contributed by atoms with E-state index in [0.717, 1.165) is 81.2 Å². The van der Waals surface area contributed by atoms with Gasteiger partial charge in [-0.3, -0.25) is 24.6 Å². The number of rotatable bonds is 12. The van der Waals surface area contributed by atoms with Gasteiger partial charge in [0.15, 0.2) is 0 Å². The number of nitrogens with one attached hydrogen (secondary N) is 2. The Morgan fingerprint density at radius 1 is 0.927 bits per heavy atom. The first-order chi connectivity index (χ1) is 26.6. The van der Waals surface area contributed by atoms with E-state index in [1.165, 1.54) is 23.3 Å². The van der Waals surface area contributed by atoms with Crippen LogP contribution in [0.25, 0.3) is 11.1 Å². The van der Waals surface area contributed by atoms with E-state index in [9.17, 15) is 28.1 Å². The lowest BCUT2D eigenvalue weighted by atomic mass is 9.92. The number of likely N-dealkylation sites (tertiary alicyclic amines) is 1. The summed E-state index contributed by atoms with van der Waals surface area (Å²) in [5, 5.41) is 15.7. The molecule has 0 aromatic heterocycles. The van der Waals surface area contributed by atoms with Gasteiger partial charge in [-0.1, -0.05) is 54.4 Å². The average Bonchev–Trinajstić information content (AvgIpc) is 3.39. The molecule has 3 aliphatic rings. The van der Waals surface area contributed by atoms with Crippen molar-refractivity contribution in [2.75, 3.05) is 49.5 Å². The lowest BCUT2D eigenvalue weighted by Crippen LogP contribution is -2.54. The lowest BCUT2D eigenvalue weighted by molar-refractivity contribution is -0.384. The molecule has 0 spiro atoms. The third-order valence-corrected chi connectivity index (χ3v) is 12.4. The van der Waals surface area contributed by atoms with Gasteiger partial charge >= 0.3 is 0 Å². The second-order valence-corrected chi connectivity index (χ2v) is 16.6. The van der Waals surface area contributed by atoms with Gasteiger partial charge in [0.1, 0.15) is 5.69 Å². The van der Waals surface area contributed by atoms with Crippen molar-refractivity contribution in [3.8, 4) is 11.1 Å². The van der Waals surface area contributed by atoms with E-state index in [1.807, 2.05) is 23.1 Å². The molecule has 0 unspecified atom stereocenters. The fourth-order valence-electron chi connectivity index (χ4n) is 7.95. The van der Waals surface area contributed by atoms with E-state index in [-0.39, 0.29) is 22.1 Å². The highest BCUT2D eigenvalue weighted by Gasteiger charge is 2.33. The summed E-state index contributed by atoms with van der Waals surface area (Å²) in [6.07, 6.45) is 5.65. The van der Waals surface area contributed by atoms with E-state index in [4.69, 9.17) is 11.6 Å². The molecular formula is C41H45ClN6O6S. The van der Waals surface area contributed by atoms with Gasteiger partial charge in [0.05, 0.1) is 9.82 Å². The summed E-state index contributed by atoms with van der Waals surface area (Å²) in [5.74, 6) is -0.676. The van der Waals surface area contributed by atoms with Gasteiger partial charge < -0.3 is 15.1 Å². The Bertz CT molecular complexity index is 2180. The predicted octanol–water partition coefficient (Wildman–Crippen LogP) is 6.88. The normalized spacial score (nSPS) is 17.5. The van der Waals surface area contributed by atoms with Crippen LogP contribution in [0.15, 0.2) is 89.8 Å². The van der Waals surface area contributed by atoms with E-state index < -0.39 is 26.5 Å². The number of nitro benzene ring substituents is 1. The molecular weight excluding hydrogens is 740 g/mol. The molecule has 288 valence electrons. The number of hydrogen-bond donors (Lipinski definition) is 2. The summed E-state index contributed by atoms with van der Waals surface area (Å²) >= 11 is 6.14. The Kier molecular flexibility index (Phi) is 11.7. The van der Waals surface area contributed by atoms with Crippen LogP contribution in [0.3, 0.4) is 0 Å². The molecule has 0 bridgehead atoms. The molecule has 1 atom stereocenters. The van der Waals surface area contributed by atoms with Crippen LogP contribution in [0.5, 0.6) is 0 Å². The molecule has 3 heterocycles. The van der Waals surface area contributed by atoms with Crippen LogP contribution in [0.2, 0.25) is 5.02 Å². The van der Waals surface area contributed by atoms with Crippen LogP contribution < -0.4 is 14.9 Å². The van der Waals surface area contributed by atoms with Crippen LogP contribution >= 0.6 is 11.6 Å². The zero-order chi connectivity index (χ0) is 38.5. The highest BCUT2D eigenvalue weighted by atomic mass is 35.5. The maximum absolute atomic E-state index is 13.3. The number of nitro groups is 1. The highest BCUT2D eigenvalue weighted by Crippen LogP contribution is 2.35. The van der Waals surface area contributed by atoms with Crippen molar-refractivity contribution in [1.29, 1.82) is 0 Å². The first-order valence-electron chi connectivity index (χ1n) is 18.9. The van der Waals surface area contributed by atoms with E-state index in [2.05, 4.69) is 56.2 Å². The number of sulfonamides is 1. The Morgan fingerprint density at radius 2 is 1.75 bits per heavy atom. The van der Waals surface area contributed by atoms with Crippen LogP contribution in [0.4, 0.5) is 17.1 Å². The molecule has 2 fully saturated rings. The van der Waals surface area contributed by atoms with Crippen LogP contribution in [-0.2, 0) is 27.8 Å². The zero-order valence-corrected chi connectivity index (χ0v) is 32.2. The monoisotopic (exact) mass is 784 g/mol. The SMILES string of the molecule is O=C(NS(=O)(=O)c1ccc(NCCCN2CCCCCC2=O)c([N+](=O)[O-])c1)c1ccc2c(c1)CC[C@H]1CN(Cc3ccccc3-c3ccc(Cl)cc3)CCN21. The number of hydrogen-bond acceptors (Lipinski definition) is 9. The minimum absolute atomic E-state index is 0.128. The Labute approximate surface area is 326 Å². The largest absolute Gasteiger partial charge is 0.379 e. The maximum atomic E-state index is 13.3. The fourth-order valence-corrected chi connectivity index (χ4v) is 9.07. The van der Waals surface area contributed by atoms with Crippen LogP contribution in [0, 0.1) is 10.1 Å². The number of carbonyl (C=O) groups is 2. The molecule has 55 heavy (non-hydrogen) atoms. The smallest absolute Gasteiger partial charge is 0.293 e. The summed E-state index contributed by atoms with van der Waals surface area (Å²) in [5.41, 5.74) is 5.56. The molecule has 3 aliphatic heterocycles. The number of anilines is 2. The molecule has 4 aromatic carbocycles. The number of fused-ring (bicyclic) bond motifs is 3. The van der Waals surface area contributed by atoms with Crippen molar-refractivity contribution in [2.45, 2.75) is 62.4 Å². The number of benzene rings is 4. The molecule has 12 nitrogen and oxygen atoms in total. The van der Waals surface area contributed by atoms with Crippen molar-refractivity contribution < 1.29 is 22.9 Å². The summed E-state index contributed by atoms with van der Waals surface area (Å²) in [7, 11) is -4.42. The second kappa shape index (κ2) is 16.8. The van der Waals surface area contributed by atoms with Gasteiger partial charge in [-0.25, -0.2) is 13.1 Å². The van der Waals surface area contributed by atoms with Gasteiger partial charge in [0.2, 0.25) is 5.91 Å². The standard InChI is InChI=1S/C41H45ClN6O6S/c42-33-14-10-29(11-15-33)36-8-4-3-7-32(36)27-45-23-24-47-34(28-45)16-12-30-25-31(13-19-38(30)47)41(50)44-55(53,54)35-17-18-37(39(26-35)48(51)52)43-20-6-22-46-21-5-1-2-9-40(46)49/h3-4,7-8,10-11,13-15,17-19,25-26,34,43H,1-2,5-6,9,12,16,20-24,27-28H2,(H,44,50)/t34-/m0/s1. The van der Waals surface area contributed by atoms with E-state index in [1.54, 1.807) is 12.1 Å². The topological polar surface area (TPSA) is 145 Å². The minimum atomic E-state index is -4.42. The molecule has 0 radical (unpaired) electrons. The third-order valence-electron chi connectivity index (χ3n) is 10.8. The molecule has 2 saturated heterocycles. The predicted molar refractivity (Wildman–Crippen MR) is 214 cm³/mol. The number of aryl methyl sites for hydroxylation is 1. The molecule has 0 aliphatic carbocycles. The first-order valence-corrected chi connectivity index (χ1v) is 20.7. The molecule has 7 rings (SSSR count). The van der Waals surface area contributed by atoms with Gasteiger partial charge in [-0.05, 0) is 96.8 Å². The quantitative estimate of drug-likeness (QED) is 0.0893. The molecule has 2 N–H and O–H groups in total. The van der Waals surface area contributed by atoms with Crippen molar-refractivity contribution in [1.82, 2.24) is 14.5 Å². The number of nitrogens with zero attached hydrogens (tertiary/aromatic N) is 4. The summed E-state index contributed by atoms with van der Waals surface area (Å²) < 4.78 is 28.7. The zero-order valence-electron chi connectivity index (χ0n) is 30.6. The van der Waals surface area contributed by atoms with Gasteiger partial charge in [-0.2, -0.15) is 0 Å². The summed E-state index contributed by atoms with van der Waals surface area (Å²) in [4.78, 5) is 43.2. The number of amides is 2. The van der Waals surface area contributed by atoms with E-state index >= 15 is 0 Å². The van der Waals surface area contributed by atoms with Crippen molar-refractivity contribution >= 4 is 50.5 Å². The van der Waals surface area contributed by atoms with Gasteiger partial charge in [0.25, 0.3) is 21.6 Å². The van der Waals surface area contributed by atoms with Crippen molar-refractivity contribution in [3.05, 3.63) is 117 Å². The fraction of sp³-hybridized carbons (Fsp3) is 0.366. The Morgan fingerprint density at radius 3 is 2.56 bits per heavy atom. The van der Waals surface area contributed by atoms with Crippen molar-refractivity contribution in [2.24, 2.45) is 0 Å². The summed E-state index contributed by atoms with van der Waals surface area (Å²) in [6, 6.07) is 25.5. The molecule has 14 heteroatoms. The number of halogens is 1. The number of piperazine rings is 1. The van der Waals surface area contributed by atoms with Gasteiger partial charge in [0, 0.05) is 80.6 Å². The molecule has 2 amide bonds. The minimum Gasteiger partial charge on any atom is -0.379 e. The Balaban J connectivity index is 0.963. The third kappa shape index (κ3) is 8.95. The molecule has 0 saturated carbocycles. The van der Waals surface area contributed by atoms with Crippen molar-refractivity contribution in [3.63, 3.8) is 0 Å². The summed E-state index contributed by atoms with van der Waals surface area (Å²) in [6.45, 7) is 5.03. The second-order valence-electron chi connectivity index (χ2n) is 14.5. The van der Waals surface area contributed by atoms with E-state index in [0.29, 0.717) is 43.5 Å². The van der Waals surface area contributed by atoms with Gasteiger partial charge in [-0.15, -0.1) is 0 Å². The maximum Gasteiger partial charge on any atom is 0.293 e. The average molecular weight is 785 g/mol. The van der Waals surface area contributed by atoms with Crippen LogP contribution in [0.1, 0.15) is 60.0 Å². The lowest BCUT2D eigenvalue weighted by Gasteiger charge is -2.46. The van der Waals surface area contributed by atoms with Crippen LogP contribution in [-0.4, -0.2) is 80.3 Å². The highest BCUT2D eigenvalue weighted by molar-refractivity contribution is 7.90. The first kappa shape index (κ1) is 38.3. The Hall–Kier alpha value is -4.98. The number of carbonyl (C=O) groups excluding carboxylic acids is 2.